The van der Waals surface area contributed by atoms with E-state index in [1.54, 1.807) is 14.2 Å². The zero-order valence-corrected chi connectivity index (χ0v) is 24.3. The van der Waals surface area contributed by atoms with Gasteiger partial charge in [0, 0.05) is 18.5 Å². The first-order chi connectivity index (χ1) is 20.2. The Morgan fingerprint density at radius 3 is 2.36 bits per heavy atom. The highest BCUT2D eigenvalue weighted by molar-refractivity contribution is 6.02. The summed E-state index contributed by atoms with van der Waals surface area (Å²) in [6.45, 7) is 11.3. The van der Waals surface area contributed by atoms with E-state index in [2.05, 4.69) is 23.4 Å². The van der Waals surface area contributed by atoms with Gasteiger partial charge in [-0.3, -0.25) is 9.69 Å². The van der Waals surface area contributed by atoms with E-state index in [-0.39, 0.29) is 17.6 Å². The Morgan fingerprint density at radius 1 is 1.05 bits per heavy atom. The van der Waals surface area contributed by atoms with Crippen LogP contribution in [0.1, 0.15) is 30.9 Å². The fourth-order valence-corrected chi connectivity index (χ4v) is 5.60. The lowest BCUT2D eigenvalue weighted by molar-refractivity contribution is -0.141. The monoisotopic (exact) mass is 572 g/mol. The molecule has 220 valence electrons. The van der Waals surface area contributed by atoms with Crippen LogP contribution in [0.2, 0.25) is 0 Å². The third-order valence-corrected chi connectivity index (χ3v) is 7.60. The van der Waals surface area contributed by atoms with Crippen LogP contribution in [0.5, 0.6) is 11.5 Å². The molecule has 1 fully saturated rings. The van der Waals surface area contributed by atoms with Gasteiger partial charge in [-0.15, -0.1) is 0 Å². The molecule has 4 rings (SSSR count). The molecule has 1 unspecified atom stereocenters. The van der Waals surface area contributed by atoms with Crippen molar-refractivity contribution in [2.45, 2.75) is 38.8 Å². The van der Waals surface area contributed by atoms with E-state index in [4.69, 9.17) is 9.47 Å². The average molecular weight is 573 g/mol. The fraction of sp³-hybridized carbons (Fsp3) is 0.294. The van der Waals surface area contributed by atoms with Gasteiger partial charge in [0.1, 0.15) is 23.4 Å². The van der Waals surface area contributed by atoms with Gasteiger partial charge < -0.3 is 19.9 Å². The third-order valence-electron chi connectivity index (χ3n) is 7.60. The van der Waals surface area contributed by atoms with Crippen LogP contribution >= 0.6 is 0 Å². The van der Waals surface area contributed by atoms with Gasteiger partial charge in [0.25, 0.3) is 5.91 Å². The molecule has 0 saturated carbocycles. The second-order valence-corrected chi connectivity index (χ2v) is 10.4. The maximum Gasteiger partial charge on any atom is 0.326 e. The molecule has 0 aromatic heterocycles. The van der Waals surface area contributed by atoms with Crippen molar-refractivity contribution in [3.05, 3.63) is 95.9 Å². The van der Waals surface area contributed by atoms with E-state index >= 15 is 0 Å². The summed E-state index contributed by atoms with van der Waals surface area (Å²) in [6, 6.07) is 14.1. The Kier molecular flexibility index (Phi) is 9.80. The predicted molar refractivity (Wildman–Crippen MR) is 163 cm³/mol. The number of likely N-dealkylation sites (tertiary alicyclic amines) is 1. The van der Waals surface area contributed by atoms with Gasteiger partial charge in [0.2, 0.25) is 0 Å². The molecule has 1 atom stereocenters. The summed E-state index contributed by atoms with van der Waals surface area (Å²) in [5.74, 6) is -1.58. The van der Waals surface area contributed by atoms with Crippen molar-refractivity contribution in [1.82, 2.24) is 10.2 Å². The molecule has 0 bridgehead atoms. The second-order valence-electron chi connectivity index (χ2n) is 10.4. The standard InChI is InChI=1S/C34H37FN2O5/c1-6-27(35)30(21(2)3)33(38)36-28(34(39)40)19-22-11-9-13-25-24(22)12-10-14-26(25)31-29(41-4)16-15-23(32(31)42-5)20-37-17-7-8-18-37/h6,9-16,28H,1-2,7-8,17-20H2,3-5H3,(H,36,38)(H,39,40)/b30-27-. The number of benzene rings is 3. The van der Waals surface area contributed by atoms with Crippen molar-refractivity contribution < 1.29 is 28.6 Å². The van der Waals surface area contributed by atoms with Crippen LogP contribution in [0.3, 0.4) is 0 Å². The molecule has 42 heavy (non-hydrogen) atoms. The summed E-state index contributed by atoms with van der Waals surface area (Å²) in [5.41, 5.74) is 3.30. The van der Waals surface area contributed by atoms with Gasteiger partial charge in [0.15, 0.2) is 0 Å². The van der Waals surface area contributed by atoms with Gasteiger partial charge in [-0.25, -0.2) is 9.18 Å². The number of rotatable bonds is 12. The van der Waals surface area contributed by atoms with E-state index in [0.29, 0.717) is 11.3 Å². The van der Waals surface area contributed by atoms with Gasteiger partial charge in [-0.2, -0.15) is 0 Å². The van der Waals surface area contributed by atoms with Gasteiger partial charge in [0.05, 0.1) is 25.4 Å². The van der Waals surface area contributed by atoms with Crippen LogP contribution in [0.4, 0.5) is 4.39 Å². The van der Waals surface area contributed by atoms with Crippen molar-refractivity contribution in [3.8, 4) is 22.6 Å². The Morgan fingerprint density at radius 2 is 1.74 bits per heavy atom. The predicted octanol–water partition coefficient (Wildman–Crippen LogP) is 6.22. The molecule has 3 aromatic carbocycles. The van der Waals surface area contributed by atoms with Gasteiger partial charge >= 0.3 is 5.97 Å². The molecule has 7 nitrogen and oxygen atoms in total. The Hall–Kier alpha value is -4.43. The first-order valence-corrected chi connectivity index (χ1v) is 13.9. The molecular formula is C34H37FN2O5. The third kappa shape index (κ3) is 6.39. The SMILES string of the molecule is C=C/C(F)=C(\C(=C)C)C(=O)NC(Cc1cccc2c(-c3c(OC)ccc(CN4CCCC4)c3OC)cccc12)C(=O)O. The number of nitrogens with one attached hydrogen (secondary N) is 1. The number of amides is 1. The van der Waals surface area contributed by atoms with Gasteiger partial charge in [-0.1, -0.05) is 55.6 Å². The largest absolute Gasteiger partial charge is 0.496 e. The van der Waals surface area contributed by atoms with Crippen molar-refractivity contribution >= 4 is 22.6 Å². The number of aliphatic carboxylic acids is 1. The lowest BCUT2D eigenvalue weighted by Gasteiger charge is -2.22. The summed E-state index contributed by atoms with van der Waals surface area (Å²) >= 11 is 0. The molecule has 1 aliphatic rings. The van der Waals surface area contributed by atoms with Crippen LogP contribution in [0.25, 0.3) is 21.9 Å². The van der Waals surface area contributed by atoms with Crippen LogP contribution in [0.15, 0.2) is 84.7 Å². The summed E-state index contributed by atoms with van der Waals surface area (Å²) in [7, 11) is 3.28. The number of halogens is 1. The minimum Gasteiger partial charge on any atom is -0.496 e. The normalized spacial score (nSPS) is 14.7. The second kappa shape index (κ2) is 13.5. The summed E-state index contributed by atoms with van der Waals surface area (Å²) < 4.78 is 26.1. The zero-order valence-electron chi connectivity index (χ0n) is 24.3. The van der Waals surface area contributed by atoms with E-state index in [9.17, 15) is 19.1 Å². The van der Waals surface area contributed by atoms with E-state index in [1.165, 1.54) is 19.8 Å². The minimum absolute atomic E-state index is 0.0235. The average Bonchev–Trinajstić information content (AvgIpc) is 3.49. The Balaban J connectivity index is 1.77. The Labute approximate surface area is 245 Å². The summed E-state index contributed by atoms with van der Waals surface area (Å²) in [4.78, 5) is 27.5. The van der Waals surface area contributed by atoms with Gasteiger partial charge in [-0.05, 0) is 72.5 Å². The molecule has 2 N–H and O–H groups in total. The number of fused-ring (bicyclic) bond motifs is 1. The fourth-order valence-electron chi connectivity index (χ4n) is 5.60. The van der Waals surface area contributed by atoms with E-state index in [1.807, 2.05) is 48.5 Å². The molecule has 0 aliphatic carbocycles. The van der Waals surface area contributed by atoms with Crippen molar-refractivity contribution in [1.29, 1.82) is 0 Å². The Bertz CT molecular complexity index is 1560. The highest BCUT2D eigenvalue weighted by Crippen LogP contribution is 2.44. The maximum atomic E-state index is 14.3. The first kappa shape index (κ1) is 30.5. The molecule has 1 saturated heterocycles. The number of methoxy groups -OCH3 is 2. The topological polar surface area (TPSA) is 88.1 Å². The van der Waals surface area contributed by atoms with E-state index in [0.717, 1.165) is 58.9 Å². The molecular weight excluding hydrogens is 535 g/mol. The van der Waals surface area contributed by atoms with E-state index < -0.39 is 23.7 Å². The molecule has 0 radical (unpaired) electrons. The van der Waals surface area contributed by atoms with Crippen molar-refractivity contribution in [3.63, 3.8) is 0 Å². The maximum absolute atomic E-state index is 14.3. The number of carboxylic acid groups (broad SMARTS) is 1. The zero-order chi connectivity index (χ0) is 30.4. The van der Waals surface area contributed by atoms with Crippen molar-refractivity contribution in [2.75, 3.05) is 27.3 Å². The number of ether oxygens (including phenoxy) is 2. The molecule has 1 heterocycles. The molecule has 1 aliphatic heterocycles. The number of allylic oxidation sites excluding steroid dienone is 2. The number of nitrogens with zero attached hydrogens (tertiary/aromatic N) is 1. The highest BCUT2D eigenvalue weighted by Gasteiger charge is 2.26. The number of carboxylic acids is 1. The molecule has 1 amide bonds. The first-order valence-electron chi connectivity index (χ1n) is 13.9. The number of carbonyl (C=O) groups is 2. The number of hydrogen-bond acceptors (Lipinski definition) is 5. The van der Waals surface area contributed by atoms with Crippen molar-refractivity contribution in [2.24, 2.45) is 0 Å². The molecule has 8 heteroatoms. The van der Waals surface area contributed by atoms with Crippen LogP contribution in [0, 0.1) is 0 Å². The summed E-state index contributed by atoms with van der Waals surface area (Å²) in [6.07, 6.45) is 3.24. The van der Waals surface area contributed by atoms with Crippen LogP contribution in [-0.4, -0.2) is 55.2 Å². The van der Waals surface area contributed by atoms with Crippen LogP contribution in [-0.2, 0) is 22.6 Å². The minimum atomic E-state index is -1.31. The van der Waals surface area contributed by atoms with Crippen LogP contribution < -0.4 is 14.8 Å². The highest BCUT2D eigenvalue weighted by atomic mass is 19.1. The number of hydrogen-bond donors (Lipinski definition) is 2. The quantitative estimate of drug-likeness (QED) is 0.198. The molecule has 3 aromatic rings. The summed E-state index contributed by atoms with van der Waals surface area (Å²) in [5, 5.41) is 14.1. The lowest BCUT2D eigenvalue weighted by Crippen LogP contribution is -2.43. The smallest absolute Gasteiger partial charge is 0.326 e. The molecule has 0 spiro atoms. The number of carbonyl (C=O) groups excluding carboxylic acids is 1. The lowest BCUT2D eigenvalue weighted by atomic mass is 9.91.